The lowest BCUT2D eigenvalue weighted by Crippen LogP contribution is -2.48. The molecular weight excluding hydrogens is 274 g/mol. The number of sulfonamides is 1. The van der Waals surface area contributed by atoms with E-state index in [0.717, 1.165) is 11.3 Å². The molecule has 0 radical (unpaired) electrons. The lowest BCUT2D eigenvalue weighted by Gasteiger charge is -2.34. The Balaban J connectivity index is 2.37. The summed E-state index contributed by atoms with van der Waals surface area (Å²) in [7, 11) is -3.58. The Hall–Kier alpha value is -0.700. The third-order valence-electron chi connectivity index (χ3n) is 3.18. The zero-order valence-corrected chi connectivity index (χ0v) is 12.0. The van der Waals surface area contributed by atoms with Crippen molar-refractivity contribution in [2.75, 3.05) is 6.54 Å². The fraction of sp³-hybridized carbons (Fsp3) is 0.700. The summed E-state index contributed by atoms with van der Waals surface area (Å²) < 4.78 is 26.5. The maximum atomic E-state index is 12.5. The number of hydrogen-bond donors (Lipinski definition) is 2. The van der Waals surface area contributed by atoms with Gasteiger partial charge in [-0.25, -0.2) is 8.42 Å². The first-order valence-electron chi connectivity index (χ1n) is 5.79. The number of rotatable bonds is 2. The smallest absolute Gasteiger partial charge is 0.305 e. The molecule has 1 aromatic rings. The van der Waals surface area contributed by atoms with Crippen LogP contribution in [0.3, 0.4) is 0 Å². The van der Waals surface area contributed by atoms with Crippen molar-refractivity contribution in [3.63, 3.8) is 0 Å². The predicted molar refractivity (Wildman–Crippen MR) is 70.2 cm³/mol. The van der Waals surface area contributed by atoms with E-state index in [1.807, 2.05) is 6.92 Å². The summed E-state index contributed by atoms with van der Waals surface area (Å²) >= 11 is 0.746. The summed E-state index contributed by atoms with van der Waals surface area (Å²) in [5.74, 6) is 0. The number of nitrogens with one attached hydrogen (secondary N) is 1. The third kappa shape index (κ3) is 2.37. The normalized spacial score (nSPS) is 26.4. The molecule has 0 saturated carbocycles. The Kier molecular flexibility index (Phi) is 3.63. The molecule has 2 heterocycles. The van der Waals surface area contributed by atoms with Crippen LogP contribution in [-0.2, 0) is 10.0 Å². The van der Waals surface area contributed by atoms with Crippen molar-refractivity contribution in [2.45, 2.75) is 43.0 Å². The molecule has 1 fully saturated rings. The number of aromatic amines is 1. The van der Waals surface area contributed by atoms with Gasteiger partial charge in [0.05, 0.1) is 0 Å². The number of piperidine rings is 1. The van der Waals surface area contributed by atoms with E-state index in [4.69, 9.17) is 5.73 Å². The zero-order valence-electron chi connectivity index (χ0n) is 10.3. The van der Waals surface area contributed by atoms with Gasteiger partial charge < -0.3 is 10.7 Å². The van der Waals surface area contributed by atoms with Crippen molar-refractivity contribution in [3.05, 3.63) is 15.4 Å². The van der Waals surface area contributed by atoms with Crippen LogP contribution in [-0.4, -0.2) is 36.3 Å². The van der Waals surface area contributed by atoms with Crippen molar-refractivity contribution in [2.24, 2.45) is 5.73 Å². The van der Waals surface area contributed by atoms with Gasteiger partial charge in [-0.15, -0.1) is 0 Å². The van der Waals surface area contributed by atoms with Gasteiger partial charge in [-0.1, -0.05) is 11.3 Å². The van der Waals surface area contributed by atoms with Crippen LogP contribution < -0.4 is 10.6 Å². The molecule has 0 amide bonds. The highest BCUT2D eigenvalue weighted by Gasteiger charge is 2.35. The zero-order chi connectivity index (χ0) is 13.5. The molecule has 102 valence electrons. The summed E-state index contributed by atoms with van der Waals surface area (Å²) in [5.41, 5.74) is 6.24. The van der Waals surface area contributed by atoms with Gasteiger partial charge in [0.1, 0.15) is 0 Å². The summed E-state index contributed by atoms with van der Waals surface area (Å²) in [5, 5.41) is 0. The van der Waals surface area contributed by atoms with E-state index >= 15 is 0 Å². The van der Waals surface area contributed by atoms with Gasteiger partial charge >= 0.3 is 4.87 Å². The number of nitrogens with zero attached hydrogens (tertiary/aromatic N) is 1. The van der Waals surface area contributed by atoms with Crippen LogP contribution in [0.5, 0.6) is 0 Å². The lowest BCUT2D eigenvalue weighted by molar-refractivity contribution is 0.247. The molecule has 2 unspecified atom stereocenters. The van der Waals surface area contributed by atoms with Gasteiger partial charge in [0.25, 0.3) is 10.0 Å². The SMILES string of the molecule is Cc1[nH]c(=O)sc1S(=O)(=O)N1CCC(N)CC1C. The van der Waals surface area contributed by atoms with Gasteiger partial charge in [-0.05, 0) is 26.7 Å². The number of aryl methyl sites for hydroxylation is 1. The molecule has 8 heteroatoms. The molecule has 1 aromatic heterocycles. The maximum Gasteiger partial charge on any atom is 0.305 e. The summed E-state index contributed by atoms with van der Waals surface area (Å²) in [6.07, 6.45) is 1.31. The monoisotopic (exact) mass is 291 g/mol. The minimum absolute atomic E-state index is 0.0533. The third-order valence-corrected chi connectivity index (χ3v) is 6.78. The second-order valence-electron chi connectivity index (χ2n) is 4.68. The number of aromatic nitrogens is 1. The maximum absolute atomic E-state index is 12.5. The average molecular weight is 291 g/mol. The molecule has 3 N–H and O–H groups in total. The standard InChI is InChI=1S/C10H17N3O3S2/c1-6-5-8(11)3-4-13(6)18(15,16)9-7(2)12-10(14)17-9/h6,8H,3-5,11H2,1-2H3,(H,12,14). The van der Waals surface area contributed by atoms with Gasteiger partial charge in [0.15, 0.2) is 4.21 Å². The predicted octanol–water partition coefficient (Wildman–Crippen LogP) is 0.245. The average Bonchev–Trinajstić information content (AvgIpc) is 2.57. The number of H-pyrrole nitrogens is 1. The van der Waals surface area contributed by atoms with Crippen molar-refractivity contribution in [1.82, 2.24) is 9.29 Å². The van der Waals surface area contributed by atoms with E-state index in [-0.39, 0.29) is 21.2 Å². The number of nitrogens with two attached hydrogens (primary N) is 1. The van der Waals surface area contributed by atoms with E-state index in [9.17, 15) is 13.2 Å². The number of hydrogen-bond acceptors (Lipinski definition) is 5. The van der Waals surface area contributed by atoms with E-state index in [1.165, 1.54) is 4.31 Å². The van der Waals surface area contributed by atoms with Crippen LogP contribution >= 0.6 is 11.3 Å². The highest BCUT2D eigenvalue weighted by Crippen LogP contribution is 2.27. The molecule has 1 aliphatic heterocycles. The molecule has 1 saturated heterocycles. The first kappa shape index (κ1) is 13.7. The molecule has 18 heavy (non-hydrogen) atoms. The fourth-order valence-corrected chi connectivity index (χ4v) is 5.36. The molecule has 1 aliphatic rings. The second kappa shape index (κ2) is 4.76. The first-order chi connectivity index (χ1) is 8.32. The van der Waals surface area contributed by atoms with E-state index in [0.29, 0.717) is 25.1 Å². The summed E-state index contributed by atoms with van der Waals surface area (Å²) in [6, 6.07) is -0.0760. The second-order valence-corrected chi connectivity index (χ2v) is 7.75. The Morgan fingerprint density at radius 2 is 2.17 bits per heavy atom. The molecule has 0 aromatic carbocycles. The van der Waals surface area contributed by atoms with E-state index < -0.39 is 10.0 Å². The number of thiazole rings is 1. The van der Waals surface area contributed by atoms with E-state index in [2.05, 4.69) is 4.98 Å². The highest BCUT2D eigenvalue weighted by atomic mass is 32.2. The minimum Gasteiger partial charge on any atom is -0.328 e. The van der Waals surface area contributed by atoms with Crippen LogP contribution in [0.15, 0.2) is 9.00 Å². The molecule has 2 atom stereocenters. The highest BCUT2D eigenvalue weighted by molar-refractivity contribution is 7.91. The van der Waals surface area contributed by atoms with Crippen molar-refractivity contribution < 1.29 is 8.42 Å². The fourth-order valence-electron chi connectivity index (χ4n) is 2.29. The minimum atomic E-state index is -3.58. The topological polar surface area (TPSA) is 96.3 Å². The molecule has 0 bridgehead atoms. The van der Waals surface area contributed by atoms with Crippen LogP contribution in [0.25, 0.3) is 0 Å². The quantitative estimate of drug-likeness (QED) is 0.816. The van der Waals surface area contributed by atoms with Crippen molar-refractivity contribution in [1.29, 1.82) is 0 Å². The van der Waals surface area contributed by atoms with Crippen LogP contribution in [0.4, 0.5) is 0 Å². The first-order valence-corrected chi connectivity index (χ1v) is 8.05. The van der Waals surface area contributed by atoms with Crippen LogP contribution in [0.2, 0.25) is 0 Å². The summed E-state index contributed by atoms with van der Waals surface area (Å²) in [4.78, 5) is 13.4. The lowest BCUT2D eigenvalue weighted by atomic mass is 10.0. The Morgan fingerprint density at radius 1 is 1.50 bits per heavy atom. The van der Waals surface area contributed by atoms with Crippen LogP contribution in [0.1, 0.15) is 25.5 Å². The Morgan fingerprint density at radius 3 is 2.67 bits per heavy atom. The largest absolute Gasteiger partial charge is 0.328 e. The molecule has 0 spiro atoms. The Labute approximate surface area is 110 Å². The molecule has 2 rings (SSSR count). The molecule has 6 nitrogen and oxygen atoms in total. The van der Waals surface area contributed by atoms with Crippen molar-refractivity contribution in [3.8, 4) is 0 Å². The van der Waals surface area contributed by atoms with E-state index in [1.54, 1.807) is 6.92 Å². The Bertz CT molecular complexity index is 590. The van der Waals surface area contributed by atoms with Gasteiger partial charge in [-0.3, -0.25) is 4.79 Å². The van der Waals surface area contributed by atoms with Gasteiger partial charge in [0.2, 0.25) is 0 Å². The van der Waals surface area contributed by atoms with Crippen LogP contribution in [0, 0.1) is 6.92 Å². The molecule has 0 aliphatic carbocycles. The van der Waals surface area contributed by atoms with Gasteiger partial charge in [-0.2, -0.15) is 4.31 Å². The van der Waals surface area contributed by atoms with Gasteiger partial charge in [0, 0.05) is 24.3 Å². The van der Waals surface area contributed by atoms with Crippen molar-refractivity contribution >= 4 is 21.4 Å². The molecular formula is C10H17N3O3S2. The summed E-state index contributed by atoms with van der Waals surface area (Å²) in [6.45, 7) is 3.86.